The van der Waals surface area contributed by atoms with Crippen molar-refractivity contribution in [2.75, 3.05) is 19.3 Å². The average molecular weight is 264 g/mol. The molecule has 1 atom stereocenters. The lowest BCUT2D eigenvalue weighted by atomic mass is 9.98. The van der Waals surface area contributed by atoms with Crippen molar-refractivity contribution < 1.29 is 4.79 Å². The minimum atomic E-state index is -0.233. The number of nitrogens with one attached hydrogen (secondary N) is 1. The largest absolute Gasteiger partial charge is 0.354 e. The van der Waals surface area contributed by atoms with Gasteiger partial charge in [0, 0.05) is 17.8 Å². The van der Waals surface area contributed by atoms with Crippen LogP contribution in [0.4, 0.5) is 0 Å². The van der Waals surface area contributed by atoms with Crippen molar-refractivity contribution >= 4 is 17.7 Å². The van der Waals surface area contributed by atoms with E-state index < -0.39 is 0 Å². The lowest BCUT2D eigenvalue weighted by Gasteiger charge is -2.18. The zero-order valence-electron chi connectivity index (χ0n) is 10.7. The number of rotatable bonds is 6. The first-order valence-corrected chi connectivity index (χ1v) is 7.51. The SMILES string of the molecule is CSC1(CNC(=O)C(CN)c2ccccc2)CC1. The molecule has 3 N–H and O–H groups in total. The second kappa shape index (κ2) is 5.76. The molecule has 1 fully saturated rings. The Labute approximate surface area is 113 Å². The van der Waals surface area contributed by atoms with Crippen LogP contribution >= 0.6 is 11.8 Å². The van der Waals surface area contributed by atoms with E-state index in [1.807, 2.05) is 42.1 Å². The molecule has 2 rings (SSSR count). The Morgan fingerprint density at radius 2 is 2.11 bits per heavy atom. The van der Waals surface area contributed by atoms with Gasteiger partial charge >= 0.3 is 0 Å². The highest BCUT2D eigenvalue weighted by molar-refractivity contribution is 8.00. The summed E-state index contributed by atoms with van der Waals surface area (Å²) in [5.74, 6) is -0.187. The molecule has 0 heterocycles. The second-order valence-electron chi connectivity index (χ2n) is 4.80. The summed E-state index contributed by atoms with van der Waals surface area (Å²) >= 11 is 1.85. The van der Waals surface area contributed by atoms with Crippen LogP contribution in [0.1, 0.15) is 24.3 Å². The minimum Gasteiger partial charge on any atom is -0.354 e. The Morgan fingerprint density at radius 1 is 1.44 bits per heavy atom. The Morgan fingerprint density at radius 3 is 2.61 bits per heavy atom. The van der Waals surface area contributed by atoms with E-state index in [1.54, 1.807) is 0 Å². The molecule has 1 amide bonds. The van der Waals surface area contributed by atoms with E-state index in [0.29, 0.717) is 11.3 Å². The molecule has 0 bridgehead atoms. The van der Waals surface area contributed by atoms with Crippen LogP contribution in [0.25, 0.3) is 0 Å². The van der Waals surface area contributed by atoms with Crippen molar-refractivity contribution in [1.82, 2.24) is 5.32 Å². The number of hydrogen-bond donors (Lipinski definition) is 2. The predicted molar refractivity (Wildman–Crippen MR) is 76.7 cm³/mol. The molecular formula is C14H20N2OS. The summed E-state index contributed by atoms with van der Waals surface area (Å²) in [6.45, 7) is 1.11. The van der Waals surface area contributed by atoms with Crippen LogP contribution in [-0.2, 0) is 4.79 Å². The van der Waals surface area contributed by atoms with Crippen LogP contribution in [0.3, 0.4) is 0 Å². The zero-order valence-corrected chi connectivity index (χ0v) is 11.5. The summed E-state index contributed by atoms with van der Waals surface area (Å²) in [7, 11) is 0. The molecule has 1 aromatic rings. The van der Waals surface area contributed by atoms with E-state index in [1.165, 1.54) is 12.8 Å². The first-order chi connectivity index (χ1) is 8.71. The first-order valence-electron chi connectivity index (χ1n) is 6.29. The van der Waals surface area contributed by atoms with Crippen molar-refractivity contribution in [2.45, 2.75) is 23.5 Å². The zero-order chi connectivity index (χ0) is 13.0. The van der Waals surface area contributed by atoms with Gasteiger partial charge < -0.3 is 11.1 Å². The van der Waals surface area contributed by atoms with E-state index >= 15 is 0 Å². The molecule has 0 saturated heterocycles. The van der Waals surface area contributed by atoms with E-state index in [-0.39, 0.29) is 11.8 Å². The molecule has 0 spiro atoms. The Hall–Kier alpha value is -1.00. The number of benzene rings is 1. The maximum atomic E-state index is 12.2. The number of thioether (sulfide) groups is 1. The highest BCUT2D eigenvalue weighted by Gasteiger charge is 2.42. The third-order valence-electron chi connectivity index (χ3n) is 3.58. The number of amides is 1. The Kier molecular flexibility index (Phi) is 4.30. The fourth-order valence-electron chi connectivity index (χ4n) is 2.04. The van der Waals surface area contributed by atoms with Crippen molar-refractivity contribution in [3.05, 3.63) is 35.9 Å². The van der Waals surface area contributed by atoms with Crippen LogP contribution < -0.4 is 11.1 Å². The lowest BCUT2D eigenvalue weighted by molar-refractivity contribution is -0.122. The molecule has 1 aliphatic carbocycles. The third kappa shape index (κ3) is 3.06. The van der Waals surface area contributed by atoms with Crippen LogP contribution in [0.15, 0.2) is 30.3 Å². The second-order valence-corrected chi connectivity index (χ2v) is 6.08. The highest BCUT2D eigenvalue weighted by atomic mass is 32.2. The van der Waals surface area contributed by atoms with Crippen LogP contribution in [0.5, 0.6) is 0 Å². The summed E-state index contributed by atoms with van der Waals surface area (Å²) in [6, 6.07) is 9.74. The van der Waals surface area contributed by atoms with E-state index in [9.17, 15) is 4.79 Å². The van der Waals surface area contributed by atoms with Gasteiger partial charge in [0.15, 0.2) is 0 Å². The quantitative estimate of drug-likeness (QED) is 0.823. The van der Waals surface area contributed by atoms with Gasteiger partial charge in [0.25, 0.3) is 0 Å². The first kappa shape index (κ1) is 13.4. The van der Waals surface area contributed by atoms with E-state index in [2.05, 4.69) is 11.6 Å². The topological polar surface area (TPSA) is 55.1 Å². The van der Waals surface area contributed by atoms with Gasteiger partial charge in [-0.15, -0.1) is 0 Å². The standard InChI is InChI=1S/C14H20N2OS/c1-18-14(7-8-14)10-16-13(17)12(9-15)11-5-3-2-4-6-11/h2-6,12H,7-10,15H2,1H3,(H,16,17). The number of nitrogens with two attached hydrogens (primary N) is 1. The molecule has 0 aliphatic heterocycles. The van der Waals surface area contributed by atoms with E-state index in [4.69, 9.17) is 5.73 Å². The third-order valence-corrected chi connectivity index (χ3v) is 5.00. The smallest absolute Gasteiger partial charge is 0.228 e. The highest BCUT2D eigenvalue weighted by Crippen LogP contribution is 2.46. The van der Waals surface area contributed by atoms with Crippen LogP contribution in [-0.4, -0.2) is 30.0 Å². The molecule has 0 aromatic heterocycles. The molecule has 18 heavy (non-hydrogen) atoms. The Bertz CT molecular complexity index is 404. The fraction of sp³-hybridized carbons (Fsp3) is 0.500. The maximum Gasteiger partial charge on any atom is 0.228 e. The summed E-state index contributed by atoms with van der Waals surface area (Å²) in [6.07, 6.45) is 4.51. The molecule has 1 aliphatic rings. The van der Waals surface area contributed by atoms with Gasteiger partial charge in [-0.1, -0.05) is 30.3 Å². The maximum absolute atomic E-state index is 12.2. The van der Waals surface area contributed by atoms with Crippen LogP contribution in [0, 0.1) is 0 Å². The van der Waals surface area contributed by atoms with Crippen molar-refractivity contribution in [3.8, 4) is 0 Å². The molecule has 1 aromatic carbocycles. The van der Waals surface area contributed by atoms with Crippen molar-refractivity contribution in [3.63, 3.8) is 0 Å². The van der Waals surface area contributed by atoms with Crippen molar-refractivity contribution in [2.24, 2.45) is 5.73 Å². The average Bonchev–Trinajstić information content (AvgIpc) is 3.19. The number of carbonyl (C=O) groups excluding carboxylic acids is 1. The molecule has 3 nitrogen and oxygen atoms in total. The van der Waals surface area contributed by atoms with Crippen LogP contribution in [0.2, 0.25) is 0 Å². The van der Waals surface area contributed by atoms with Crippen molar-refractivity contribution in [1.29, 1.82) is 0 Å². The minimum absolute atomic E-state index is 0.0454. The number of hydrogen-bond acceptors (Lipinski definition) is 3. The van der Waals surface area contributed by atoms with Gasteiger partial charge in [0.05, 0.1) is 5.92 Å². The summed E-state index contributed by atoms with van der Waals surface area (Å²) in [5.41, 5.74) is 6.72. The predicted octanol–water partition coefficient (Wildman–Crippen LogP) is 1.74. The fourth-order valence-corrected chi connectivity index (χ4v) is 2.77. The van der Waals surface area contributed by atoms with Gasteiger partial charge in [0.1, 0.15) is 0 Å². The molecule has 1 unspecified atom stereocenters. The molecule has 0 radical (unpaired) electrons. The summed E-state index contributed by atoms with van der Waals surface area (Å²) < 4.78 is 0.297. The normalized spacial score (nSPS) is 18.1. The van der Waals surface area contributed by atoms with E-state index in [0.717, 1.165) is 12.1 Å². The van der Waals surface area contributed by atoms with Gasteiger partial charge in [-0.3, -0.25) is 4.79 Å². The molecule has 4 heteroatoms. The van der Waals surface area contributed by atoms with Gasteiger partial charge in [-0.25, -0.2) is 0 Å². The molecular weight excluding hydrogens is 244 g/mol. The molecule has 98 valence electrons. The monoisotopic (exact) mass is 264 g/mol. The molecule has 1 saturated carbocycles. The summed E-state index contributed by atoms with van der Waals surface area (Å²) in [4.78, 5) is 12.2. The summed E-state index contributed by atoms with van der Waals surface area (Å²) in [5, 5.41) is 3.05. The number of carbonyl (C=O) groups is 1. The van der Waals surface area contributed by atoms with Gasteiger partial charge in [-0.2, -0.15) is 11.8 Å². The Balaban J connectivity index is 1.94. The van der Waals surface area contributed by atoms with Gasteiger partial charge in [0.2, 0.25) is 5.91 Å². The van der Waals surface area contributed by atoms with Gasteiger partial charge in [-0.05, 0) is 24.7 Å². The lowest BCUT2D eigenvalue weighted by Crippen LogP contribution is -2.37.